The number of fused-ring (bicyclic) bond motifs is 2. The van der Waals surface area contributed by atoms with Crippen molar-refractivity contribution < 1.29 is 38.0 Å². The Kier molecular flexibility index (Phi) is 8.13. The highest BCUT2D eigenvalue weighted by molar-refractivity contribution is 7.22. The second-order valence-corrected chi connectivity index (χ2v) is 11.8. The summed E-state index contributed by atoms with van der Waals surface area (Å²) in [6, 6.07) is 13.1. The molecule has 3 heterocycles. The number of carbonyl (C=O) groups excluding carboxylic acids is 2. The van der Waals surface area contributed by atoms with E-state index in [-0.39, 0.29) is 22.0 Å². The van der Waals surface area contributed by atoms with E-state index < -0.39 is 23.5 Å². The topological polar surface area (TPSA) is 107 Å². The number of hydrogen-bond acceptors (Lipinski definition) is 9. The Hall–Kier alpha value is -4.64. The standard InChI is InChI=1S/C33H31FN2O7S/c1-4-40-25-15-19(5-9-23(25)41-12-11-18(2)3)29-28(30(37)20-6-10-24-26(16-20)43-14-13-42-24)31(38)32(39)36(29)33-35-22-8-7-21(34)17-27(22)44-33/h5-10,15-18,29,37H,4,11-14H2,1-3H3/b30-28+. The first-order chi connectivity index (χ1) is 21.2. The summed E-state index contributed by atoms with van der Waals surface area (Å²) >= 11 is 1.08. The Morgan fingerprint density at radius 3 is 2.61 bits per heavy atom. The van der Waals surface area contributed by atoms with E-state index in [0.717, 1.165) is 17.8 Å². The van der Waals surface area contributed by atoms with E-state index in [4.69, 9.17) is 18.9 Å². The van der Waals surface area contributed by atoms with Gasteiger partial charge in [0.2, 0.25) is 0 Å². The number of ketones is 1. The van der Waals surface area contributed by atoms with Crippen LogP contribution < -0.4 is 23.8 Å². The predicted molar refractivity (Wildman–Crippen MR) is 164 cm³/mol. The molecule has 44 heavy (non-hydrogen) atoms. The van der Waals surface area contributed by atoms with Crippen LogP contribution in [0.25, 0.3) is 16.0 Å². The van der Waals surface area contributed by atoms with Crippen molar-refractivity contribution in [1.29, 1.82) is 0 Å². The molecule has 0 bridgehead atoms. The molecule has 228 valence electrons. The molecule has 0 radical (unpaired) electrons. The van der Waals surface area contributed by atoms with Crippen LogP contribution >= 0.6 is 11.3 Å². The molecule has 3 aromatic carbocycles. The largest absolute Gasteiger partial charge is 0.507 e. The van der Waals surface area contributed by atoms with Gasteiger partial charge in [0.1, 0.15) is 24.8 Å². The fourth-order valence-corrected chi connectivity index (χ4v) is 6.18. The summed E-state index contributed by atoms with van der Waals surface area (Å²) in [6.07, 6.45) is 0.848. The molecule has 1 fully saturated rings. The molecule has 1 unspecified atom stereocenters. The van der Waals surface area contributed by atoms with E-state index in [1.165, 1.54) is 23.1 Å². The summed E-state index contributed by atoms with van der Waals surface area (Å²) in [5.74, 6) is -0.240. The Labute approximate surface area is 257 Å². The highest BCUT2D eigenvalue weighted by Gasteiger charge is 2.48. The SMILES string of the molecule is CCOc1cc(C2/C(=C(\O)c3ccc4c(c3)OCCO4)C(=O)C(=O)N2c2nc3ccc(F)cc3s2)ccc1OCCC(C)C. The van der Waals surface area contributed by atoms with Gasteiger partial charge in [-0.2, -0.15) is 0 Å². The minimum Gasteiger partial charge on any atom is -0.507 e. The number of hydrogen-bond donors (Lipinski definition) is 1. The number of amides is 1. The number of halogens is 1. The first kappa shape index (κ1) is 29.4. The lowest BCUT2D eigenvalue weighted by Crippen LogP contribution is -2.29. The maximum Gasteiger partial charge on any atom is 0.301 e. The number of nitrogens with zero attached hydrogens (tertiary/aromatic N) is 2. The van der Waals surface area contributed by atoms with Gasteiger partial charge in [-0.25, -0.2) is 9.37 Å². The van der Waals surface area contributed by atoms with Crippen molar-refractivity contribution in [2.45, 2.75) is 33.2 Å². The lowest BCUT2D eigenvalue weighted by molar-refractivity contribution is -0.132. The molecule has 0 saturated carbocycles. The number of benzene rings is 3. The molecule has 1 N–H and O–H groups in total. The van der Waals surface area contributed by atoms with Crippen LogP contribution in [0.5, 0.6) is 23.0 Å². The zero-order valence-electron chi connectivity index (χ0n) is 24.5. The van der Waals surface area contributed by atoms with Crippen molar-refractivity contribution in [2.75, 3.05) is 31.3 Å². The van der Waals surface area contributed by atoms with Crippen LogP contribution in [0, 0.1) is 11.7 Å². The molecular weight excluding hydrogens is 587 g/mol. The van der Waals surface area contributed by atoms with E-state index in [1.54, 1.807) is 36.4 Å². The van der Waals surface area contributed by atoms with Crippen LogP contribution in [0.1, 0.15) is 44.4 Å². The van der Waals surface area contributed by atoms with Crippen LogP contribution in [0.15, 0.2) is 60.2 Å². The van der Waals surface area contributed by atoms with Gasteiger partial charge in [0, 0.05) is 5.56 Å². The summed E-state index contributed by atoms with van der Waals surface area (Å²) in [5.41, 5.74) is 1.12. The first-order valence-corrected chi connectivity index (χ1v) is 15.2. The van der Waals surface area contributed by atoms with E-state index in [9.17, 15) is 19.1 Å². The quantitative estimate of drug-likeness (QED) is 0.126. The van der Waals surface area contributed by atoms with Gasteiger partial charge in [0.15, 0.2) is 28.1 Å². The number of ether oxygens (including phenoxy) is 4. The Balaban J connectivity index is 1.50. The number of anilines is 1. The van der Waals surface area contributed by atoms with Crippen molar-refractivity contribution in [3.63, 3.8) is 0 Å². The number of thiazole rings is 1. The fraction of sp³-hybridized carbons (Fsp3) is 0.303. The monoisotopic (exact) mass is 618 g/mol. The molecule has 2 aliphatic rings. The number of carbonyl (C=O) groups is 2. The second kappa shape index (κ2) is 12.2. The minimum atomic E-state index is -1.07. The summed E-state index contributed by atoms with van der Waals surface area (Å²) in [4.78, 5) is 33.3. The lowest BCUT2D eigenvalue weighted by atomic mass is 9.95. The molecule has 1 aromatic heterocycles. The average molecular weight is 619 g/mol. The summed E-state index contributed by atoms with van der Waals surface area (Å²) in [7, 11) is 0. The van der Waals surface area contributed by atoms with Crippen molar-refractivity contribution in [3.8, 4) is 23.0 Å². The van der Waals surface area contributed by atoms with Crippen LogP contribution in [-0.2, 0) is 9.59 Å². The zero-order chi connectivity index (χ0) is 31.0. The normalized spacial score (nSPS) is 17.5. The predicted octanol–water partition coefficient (Wildman–Crippen LogP) is 6.66. The molecule has 6 rings (SSSR count). The van der Waals surface area contributed by atoms with E-state index in [1.807, 2.05) is 6.92 Å². The van der Waals surface area contributed by atoms with Crippen LogP contribution in [-0.4, -0.2) is 48.2 Å². The van der Waals surface area contributed by atoms with E-state index >= 15 is 0 Å². The summed E-state index contributed by atoms with van der Waals surface area (Å²) < 4.78 is 37.7. The maximum absolute atomic E-state index is 14.0. The molecule has 0 spiro atoms. The summed E-state index contributed by atoms with van der Waals surface area (Å²) in [5, 5.41) is 11.8. The first-order valence-electron chi connectivity index (χ1n) is 14.4. The third-order valence-electron chi connectivity index (χ3n) is 7.34. The van der Waals surface area contributed by atoms with Gasteiger partial charge in [-0.05, 0) is 73.4 Å². The van der Waals surface area contributed by atoms with E-state index in [2.05, 4.69) is 18.8 Å². The van der Waals surface area contributed by atoms with Gasteiger partial charge in [-0.1, -0.05) is 31.3 Å². The van der Waals surface area contributed by atoms with Crippen molar-refractivity contribution in [2.24, 2.45) is 5.92 Å². The molecular formula is C33H31FN2O7S. The van der Waals surface area contributed by atoms with Gasteiger partial charge < -0.3 is 24.1 Å². The Morgan fingerprint density at radius 2 is 1.84 bits per heavy atom. The highest BCUT2D eigenvalue weighted by atomic mass is 32.1. The summed E-state index contributed by atoms with van der Waals surface area (Å²) in [6.45, 7) is 7.64. The third kappa shape index (κ3) is 5.55. The van der Waals surface area contributed by atoms with Gasteiger partial charge in [0.05, 0.1) is 35.0 Å². The number of aromatic nitrogens is 1. The molecule has 1 atom stereocenters. The second-order valence-electron chi connectivity index (χ2n) is 10.8. The van der Waals surface area contributed by atoms with Gasteiger partial charge in [-0.15, -0.1) is 0 Å². The molecule has 1 amide bonds. The molecule has 0 aliphatic carbocycles. The zero-order valence-corrected chi connectivity index (χ0v) is 25.3. The van der Waals surface area contributed by atoms with Gasteiger partial charge in [-0.3, -0.25) is 14.5 Å². The number of aliphatic hydroxyl groups excluding tert-OH is 1. The molecule has 11 heteroatoms. The number of Topliss-reactive ketones (excluding diaryl/α,β-unsaturated/α-hetero) is 1. The van der Waals surface area contributed by atoms with Crippen LogP contribution in [0.3, 0.4) is 0 Å². The molecule has 2 aliphatic heterocycles. The van der Waals surface area contributed by atoms with Crippen molar-refractivity contribution in [3.05, 3.63) is 77.1 Å². The molecule has 9 nitrogen and oxygen atoms in total. The lowest BCUT2D eigenvalue weighted by Gasteiger charge is -2.24. The van der Waals surface area contributed by atoms with Gasteiger partial charge >= 0.3 is 5.91 Å². The highest BCUT2D eigenvalue weighted by Crippen LogP contribution is 2.46. The van der Waals surface area contributed by atoms with Crippen LogP contribution in [0.2, 0.25) is 0 Å². The maximum atomic E-state index is 14.0. The average Bonchev–Trinajstić information content (AvgIpc) is 3.54. The van der Waals surface area contributed by atoms with E-state index in [0.29, 0.717) is 71.1 Å². The van der Waals surface area contributed by atoms with Crippen molar-refractivity contribution in [1.82, 2.24) is 4.98 Å². The number of aliphatic hydroxyl groups is 1. The van der Waals surface area contributed by atoms with Crippen LogP contribution in [0.4, 0.5) is 9.52 Å². The van der Waals surface area contributed by atoms with Gasteiger partial charge in [0.25, 0.3) is 5.78 Å². The van der Waals surface area contributed by atoms with Crippen molar-refractivity contribution >= 4 is 44.1 Å². The third-order valence-corrected chi connectivity index (χ3v) is 8.36. The smallest absolute Gasteiger partial charge is 0.301 e. The minimum absolute atomic E-state index is 0.131. The number of rotatable bonds is 9. The Bertz CT molecular complexity index is 1780. The molecule has 1 saturated heterocycles. The molecule has 4 aromatic rings. The Morgan fingerprint density at radius 1 is 1.05 bits per heavy atom. The fourth-order valence-electron chi connectivity index (χ4n) is 5.17.